The molecule has 26 heavy (non-hydrogen) atoms. The van der Waals surface area contributed by atoms with Crippen LogP contribution in [0.15, 0.2) is 59.6 Å². The van der Waals surface area contributed by atoms with E-state index < -0.39 is 16.0 Å². The minimum atomic E-state index is -3.72. The molecule has 4 nitrogen and oxygen atoms in total. The standard InChI is InChI=1S/C20H19FN2O2S/c21-19-8-5-15(13-23-19)18-12-20(9-1-2-10-20)11-17(18)14-3-6-16(7-4-14)26(22,24)25/h3-8,11-13H,1-2,9-10H2,(H2,22,24,25). The molecule has 0 aliphatic heterocycles. The number of nitrogens with zero attached hydrogens (tertiary/aromatic N) is 1. The highest BCUT2D eigenvalue weighted by Crippen LogP contribution is 2.51. The van der Waals surface area contributed by atoms with Crippen molar-refractivity contribution in [3.05, 3.63) is 71.8 Å². The van der Waals surface area contributed by atoms with Crippen LogP contribution in [0, 0.1) is 11.4 Å². The zero-order valence-electron chi connectivity index (χ0n) is 14.2. The highest BCUT2D eigenvalue weighted by molar-refractivity contribution is 7.89. The van der Waals surface area contributed by atoms with Crippen LogP contribution in [-0.4, -0.2) is 13.4 Å². The summed E-state index contributed by atoms with van der Waals surface area (Å²) in [5.74, 6) is -0.508. The molecule has 2 aliphatic carbocycles. The van der Waals surface area contributed by atoms with Crippen molar-refractivity contribution in [2.45, 2.75) is 30.6 Å². The number of hydrogen-bond donors (Lipinski definition) is 1. The molecule has 0 radical (unpaired) electrons. The van der Waals surface area contributed by atoms with Crippen LogP contribution in [0.5, 0.6) is 0 Å². The van der Waals surface area contributed by atoms with E-state index in [2.05, 4.69) is 17.1 Å². The fourth-order valence-electron chi connectivity index (χ4n) is 3.93. The maximum atomic E-state index is 13.2. The summed E-state index contributed by atoms with van der Waals surface area (Å²) >= 11 is 0. The Morgan fingerprint density at radius 2 is 1.50 bits per heavy atom. The van der Waals surface area contributed by atoms with Crippen molar-refractivity contribution >= 4 is 21.2 Å². The van der Waals surface area contributed by atoms with E-state index in [-0.39, 0.29) is 10.3 Å². The summed E-state index contributed by atoms with van der Waals surface area (Å²) in [5, 5.41) is 5.19. The van der Waals surface area contributed by atoms with Gasteiger partial charge in [0.1, 0.15) is 0 Å². The topological polar surface area (TPSA) is 73.1 Å². The van der Waals surface area contributed by atoms with E-state index in [1.165, 1.54) is 31.0 Å². The van der Waals surface area contributed by atoms with Crippen LogP contribution in [0.25, 0.3) is 11.1 Å². The van der Waals surface area contributed by atoms with Crippen molar-refractivity contribution in [2.75, 3.05) is 0 Å². The van der Waals surface area contributed by atoms with Gasteiger partial charge in [0.25, 0.3) is 0 Å². The molecule has 4 rings (SSSR count). The third kappa shape index (κ3) is 3.10. The first-order valence-electron chi connectivity index (χ1n) is 8.58. The number of sulfonamides is 1. The smallest absolute Gasteiger partial charge is 0.228 e. The third-order valence-electron chi connectivity index (χ3n) is 5.22. The van der Waals surface area contributed by atoms with Crippen LogP contribution in [0.4, 0.5) is 4.39 Å². The minimum Gasteiger partial charge on any atom is -0.228 e. The Hall–Kier alpha value is -2.31. The first kappa shape index (κ1) is 17.1. The molecular weight excluding hydrogens is 351 g/mol. The van der Waals surface area contributed by atoms with Gasteiger partial charge in [-0.25, -0.2) is 18.5 Å². The number of allylic oxidation sites excluding steroid dienone is 4. The van der Waals surface area contributed by atoms with Gasteiger partial charge in [0.15, 0.2) is 0 Å². The minimum absolute atomic E-state index is 0.0255. The summed E-state index contributed by atoms with van der Waals surface area (Å²) < 4.78 is 36.2. The van der Waals surface area contributed by atoms with Gasteiger partial charge in [-0.05, 0) is 53.8 Å². The number of primary sulfonamides is 1. The number of benzene rings is 1. The van der Waals surface area contributed by atoms with Crippen molar-refractivity contribution in [1.82, 2.24) is 4.98 Å². The summed E-state index contributed by atoms with van der Waals surface area (Å²) in [6.07, 6.45) is 10.6. The fraction of sp³-hybridized carbons (Fsp3) is 0.250. The molecular formula is C20H19FN2O2S. The normalized spacial score (nSPS) is 18.8. The monoisotopic (exact) mass is 370 g/mol. The van der Waals surface area contributed by atoms with Gasteiger partial charge < -0.3 is 0 Å². The van der Waals surface area contributed by atoms with Gasteiger partial charge in [-0.2, -0.15) is 4.39 Å². The summed E-state index contributed by atoms with van der Waals surface area (Å²) in [5.41, 5.74) is 3.84. The van der Waals surface area contributed by atoms with Gasteiger partial charge in [-0.15, -0.1) is 0 Å². The molecule has 2 aromatic rings. The van der Waals surface area contributed by atoms with E-state index in [4.69, 9.17) is 5.14 Å². The van der Waals surface area contributed by atoms with Gasteiger partial charge in [-0.3, -0.25) is 0 Å². The molecule has 0 saturated heterocycles. The van der Waals surface area contributed by atoms with Gasteiger partial charge in [0, 0.05) is 17.2 Å². The van der Waals surface area contributed by atoms with Crippen molar-refractivity contribution < 1.29 is 12.8 Å². The average molecular weight is 370 g/mol. The van der Waals surface area contributed by atoms with Crippen LogP contribution in [0.3, 0.4) is 0 Å². The summed E-state index contributed by atoms with van der Waals surface area (Å²) in [6, 6.07) is 9.66. The zero-order chi connectivity index (χ0) is 18.4. The Morgan fingerprint density at radius 3 is 2.04 bits per heavy atom. The number of halogens is 1. The molecule has 1 heterocycles. The van der Waals surface area contributed by atoms with E-state index in [0.717, 1.165) is 35.1 Å². The van der Waals surface area contributed by atoms with Crippen LogP contribution in [0.2, 0.25) is 0 Å². The second-order valence-electron chi connectivity index (χ2n) is 7.00. The maximum absolute atomic E-state index is 13.2. The van der Waals surface area contributed by atoms with Crippen molar-refractivity contribution in [1.29, 1.82) is 0 Å². The lowest BCUT2D eigenvalue weighted by Crippen LogP contribution is -2.11. The Labute approximate surface area is 152 Å². The maximum Gasteiger partial charge on any atom is 0.238 e. The number of hydrogen-bond acceptors (Lipinski definition) is 3. The van der Waals surface area contributed by atoms with Crippen LogP contribution >= 0.6 is 0 Å². The van der Waals surface area contributed by atoms with Gasteiger partial charge >= 0.3 is 0 Å². The van der Waals surface area contributed by atoms with E-state index in [1.54, 1.807) is 24.4 Å². The second-order valence-corrected chi connectivity index (χ2v) is 8.56. The molecule has 134 valence electrons. The Morgan fingerprint density at radius 1 is 0.923 bits per heavy atom. The summed E-state index contributed by atoms with van der Waals surface area (Å²) in [6.45, 7) is 0. The lowest BCUT2D eigenvalue weighted by atomic mass is 9.88. The van der Waals surface area contributed by atoms with Crippen LogP contribution in [0.1, 0.15) is 36.8 Å². The van der Waals surface area contributed by atoms with Crippen molar-refractivity contribution in [3.8, 4) is 0 Å². The van der Waals surface area contributed by atoms with Crippen LogP contribution in [-0.2, 0) is 10.0 Å². The molecule has 1 saturated carbocycles. The lowest BCUT2D eigenvalue weighted by molar-refractivity contribution is 0.523. The van der Waals surface area contributed by atoms with Crippen LogP contribution < -0.4 is 5.14 Å². The molecule has 1 fully saturated rings. The molecule has 6 heteroatoms. The van der Waals surface area contributed by atoms with E-state index >= 15 is 0 Å². The molecule has 1 aromatic carbocycles. The quantitative estimate of drug-likeness (QED) is 0.833. The first-order chi connectivity index (χ1) is 12.4. The number of aromatic nitrogens is 1. The Balaban J connectivity index is 1.79. The number of rotatable bonds is 3. The molecule has 0 unspecified atom stereocenters. The zero-order valence-corrected chi connectivity index (χ0v) is 15.0. The Bertz CT molecular complexity index is 1000. The number of pyridine rings is 1. The van der Waals surface area contributed by atoms with Crippen molar-refractivity contribution in [2.24, 2.45) is 10.6 Å². The molecule has 0 amide bonds. The first-order valence-corrected chi connectivity index (χ1v) is 10.1. The lowest BCUT2D eigenvalue weighted by Gasteiger charge is -2.16. The second kappa shape index (κ2) is 6.14. The number of nitrogens with two attached hydrogens (primary N) is 1. The van der Waals surface area contributed by atoms with E-state index in [0.29, 0.717) is 0 Å². The van der Waals surface area contributed by atoms with Gasteiger partial charge in [-0.1, -0.05) is 37.1 Å². The molecule has 0 atom stereocenters. The fourth-order valence-corrected chi connectivity index (χ4v) is 4.45. The van der Waals surface area contributed by atoms with Crippen molar-refractivity contribution in [3.63, 3.8) is 0 Å². The Kier molecular flexibility index (Phi) is 4.04. The SMILES string of the molecule is NS(=O)(=O)c1ccc(C2=CC3(C=C2c2ccc(F)nc2)CCCC3)cc1. The van der Waals surface area contributed by atoms with Gasteiger partial charge in [0.2, 0.25) is 16.0 Å². The largest absolute Gasteiger partial charge is 0.238 e. The molecule has 0 bridgehead atoms. The third-order valence-corrected chi connectivity index (χ3v) is 6.15. The molecule has 1 aromatic heterocycles. The summed E-state index contributed by atoms with van der Waals surface area (Å²) in [4.78, 5) is 3.87. The molecule has 2 aliphatic rings. The molecule has 1 spiro atoms. The van der Waals surface area contributed by atoms with E-state index in [1.807, 2.05) is 0 Å². The van der Waals surface area contributed by atoms with E-state index in [9.17, 15) is 12.8 Å². The predicted octanol–water partition coefficient (Wildman–Crippen LogP) is 3.91. The highest BCUT2D eigenvalue weighted by atomic mass is 32.2. The average Bonchev–Trinajstić information content (AvgIpc) is 3.22. The molecule has 2 N–H and O–H groups in total. The van der Waals surface area contributed by atoms with Gasteiger partial charge in [0.05, 0.1) is 4.90 Å². The summed E-state index contributed by atoms with van der Waals surface area (Å²) in [7, 11) is -3.72. The highest BCUT2D eigenvalue weighted by Gasteiger charge is 2.36. The predicted molar refractivity (Wildman–Crippen MR) is 98.9 cm³/mol.